The number of aryl methyl sites for hydroxylation is 2. The van der Waals surface area contributed by atoms with Crippen LogP contribution in [0, 0.1) is 25.5 Å². The normalized spacial score (nSPS) is 17.6. The predicted octanol–water partition coefficient (Wildman–Crippen LogP) is 5.57. The molecule has 0 spiro atoms. The summed E-state index contributed by atoms with van der Waals surface area (Å²) in [6.45, 7) is 3.56. The van der Waals surface area contributed by atoms with Gasteiger partial charge < -0.3 is 10.2 Å². The van der Waals surface area contributed by atoms with Crippen molar-refractivity contribution in [1.82, 2.24) is 0 Å². The Hall–Kier alpha value is -3.71. The van der Waals surface area contributed by atoms with E-state index in [1.165, 1.54) is 18.2 Å². The van der Waals surface area contributed by atoms with Crippen LogP contribution in [-0.2, 0) is 9.59 Å². The van der Waals surface area contributed by atoms with E-state index in [-0.39, 0.29) is 27.6 Å². The summed E-state index contributed by atoms with van der Waals surface area (Å²) in [5, 5.41) is 21.0. The number of phenols is 1. The first-order valence-corrected chi connectivity index (χ1v) is 10.3. The van der Waals surface area contributed by atoms with Gasteiger partial charge in [-0.3, -0.25) is 14.5 Å². The highest BCUT2D eigenvalue weighted by molar-refractivity contribution is 6.51. The molecule has 3 aromatic rings. The highest BCUT2D eigenvalue weighted by Gasteiger charge is 2.47. The number of hydrogen-bond acceptors (Lipinski definition) is 4. The third kappa shape index (κ3) is 3.85. The van der Waals surface area contributed by atoms with Gasteiger partial charge in [0.25, 0.3) is 11.7 Å². The smallest absolute Gasteiger partial charge is 0.300 e. The van der Waals surface area contributed by atoms with Gasteiger partial charge in [0.15, 0.2) is 11.6 Å². The molecule has 33 heavy (non-hydrogen) atoms. The molecule has 0 saturated carbocycles. The van der Waals surface area contributed by atoms with Crippen molar-refractivity contribution in [3.63, 3.8) is 0 Å². The van der Waals surface area contributed by atoms with Crippen molar-refractivity contribution in [2.75, 3.05) is 4.90 Å². The van der Waals surface area contributed by atoms with Gasteiger partial charge in [0.2, 0.25) is 0 Å². The minimum Gasteiger partial charge on any atom is -0.507 e. The van der Waals surface area contributed by atoms with Gasteiger partial charge in [0.1, 0.15) is 11.5 Å². The number of carbonyl (C=O) groups excluding carboxylic acids is 2. The molecule has 5 nitrogen and oxygen atoms in total. The summed E-state index contributed by atoms with van der Waals surface area (Å²) in [4.78, 5) is 27.2. The van der Waals surface area contributed by atoms with Gasteiger partial charge in [-0.1, -0.05) is 35.4 Å². The maximum Gasteiger partial charge on any atom is 0.300 e. The first-order valence-electron chi connectivity index (χ1n) is 9.92. The van der Waals surface area contributed by atoms with Crippen LogP contribution in [0.15, 0.2) is 60.2 Å². The summed E-state index contributed by atoms with van der Waals surface area (Å²) in [5.41, 5.74) is 1.81. The number of halogens is 3. The van der Waals surface area contributed by atoms with E-state index in [1.54, 1.807) is 19.1 Å². The van der Waals surface area contributed by atoms with Gasteiger partial charge in [-0.25, -0.2) is 8.78 Å². The maximum atomic E-state index is 14.0. The monoisotopic (exact) mass is 469 g/mol. The van der Waals surface area contributed by atoms with Gasteiger partial charge >= 0.3 is 0 Å². The molecular weight excluding hydrogens is 452 g/mol. The molecule has 1 aliphatic rings. The number of aliphatic hydroxyl groups is 1. The molecule has 1 heterocycles. The number of rotatable bonds is 3. The Kier molecular flexibility index (Phi) is 5.68. The van der Waals surface area contributed by atoms with E-state index in [1.807, 2.05) is 13.0 Å². The van der Waals surface area contributed by atoms with Gasteiger partial charge in [0.05, 0.1) is 16.6 Å². The van der Waals surface area contributed by atoms with Crippen LogP contribution in [0.5, 0.6) is 5.75 Å². The zero-order valence-electron chi connectivity index (χ0n) is 17.6. The van der Waals surface area contributed by atoms with Gasteiger partial charge in [0, 0.05) is 17.3 Å². The minimum absolute atomic E-state index is 0.0462. The van der Waals surface area contributed by atoms with Crippen molar-refractivity contribution in [2.45, 2.75) is 19.9 Å². The van der Waals surface area contributed by atoms with Crippen LogP contribution in [-0.4, -0.2) is 21.9 Å². The third-order valence-corrected chi connectivity index (χ3v) is 5.86. The number of hydrogen-bond donors (Lipinski definition) is 2. The van der Waals surface area contributed by atoms with E-state index in [9.17, 15) is 28.6 Å². The number of Topliss-reactive ketones (excluding diaryl/α,β-unsaturated/α-hetero) is 1. The highest BCUT2D eigenvalue weighted by atomic mass is 35.5. The molecule has 1 aliphatic heterocycles. The van der Waals surface area contributed by atoms with Crippen LogP contribution in [0.1, 0.15) is 28.3 Å². The molecule has 0 aliphatic carbocycles. The molecular formula is C25H18ClF2NO4. The van der Waals surface area contributed by atoms with Crippen LogP contribution in [0.4, 0.5) is 14.5 Å². The average molecular weight is 470 g/mol. The standard InChI is InChI=1S/C25H18ClF2NO4/c1-12-3-4-13(2)16(9-12)23(31)21-22(14-5-8-20(30)17(26)10-14)29(25(33)24(21)32)15-6-7-18(27)19(28)11-15/h3-11,22,30-31H,1-2H3/b23-21+. The van der Waals surface area contributed by atoms with E-state index < -0.39 is 35.1 Å². The van der Waals surface area contributed by atoms with Gasteiger partial charge in [-0.2, -0.15) is 0 Å². The van der Waals surface area contributed by atoms with Crippen LogP contribution < -0.4 is 4.90 Å². The number of aliphatic hydroxyl groups excluding tert-OH is 1. The van der Waals surface area contributed by atoms with Crippen molar-refractivity contribution in [3.05, 3.63) is 99.1 Å². The number of aromatic hydroxyl groups is 1. The fourth-order valence-corrected chi connectivity index (χ4v) is 4.07. The number of nitrogens with zero attached hydrogens (tertiary/aromatic N) is 1. The zero-order chi connectivity index (χ0) is 24.0. The zero-order valence-corrected chi connectivity index (χ0v) is 18.3. The predicted molar refractivity (Wildman–Crippen MR) is 120 cm³/mol. The Bertz CT molecular complexity index is 1350. The lowest BCUT2D eigenvalue weighted by molar-refractivity contribution is -0.132. The van der Waals surface area contributed by atoms with E-state index in [0.717, 1.165) is 28.7 Å². The maximum absolute atomic E-state index is 14.0. The van der Waals surface area contributed by atoms with E-state index in [0.29, 0.717) is 11.1 Å². The molecule has 3 aromatic carbocycles. The number of ketones is 1. The van der Waals surface area contributed by atoms with Gasteiger partial charge in [-0.15, -0.1) is 0 Å². The Balaban J connectivity index is 2.01. The molecule has 4 rings (SSSR count). The molecule has 2 N–H and O–H groups in total. The lowest BCUT2D eigenvalue weighted by Crippen LogP contribution is -2.29. The van der Waals surface area contributed by atoms with Crippen molar-refractivity contribution < 1.29 is 28.6 Å². The molecule has 1 fully saturated rings. The first-order chi connectivity index (χ1) is 15.6. The summed E-state index contributed by atoms with van der Waals surface area (Å²) in [6, 6.07) is 10.9. The fraction of sp³-hybridized carbons (Fsp3) is 0.120. The SMILES string of the molecule is Cc1ccc(C)c(/C(O)=C2\C(=O)C(=O)N(c3ccc(F)c(F)c3)C2c2ccc(O)c(Cl)c2)c1. The summed E-state index contributed by atoms with van der Waals surface area (Å²) < 4.78 is 27.6. The van der Waals surface area contributed by atoms with E-state index in [2.05, 4.69) is 0 Å². The number of anilines is 1. The van der Waals surface area contributed by atoms with E-state index >= 15 is 0 Å². The van der Waals surface area contributed by atoms with Gasteiger partial charge in [-0.05, 0) is 55.3 Å². The molecule has 0 radical (unpaired) electrons. The summed E-state index contributed by atoms with van der Waals surface area (Å²) >= 11 is 6.07. The quantitative estimate of drug-likeness (QED) is 0.299. The van der Waals surface area contributed by atoms with Crippen molar-refractivity contribution in [3.8, 4) is 5.75 Å². The van der Waals surface area contributed by atoms with Crippen molar-refractivity contribution in [1.29, 1.82) is 0 Å². The fourth-order valence-electron chi connectivity index (χ4n) is 3.88. The number of phenolic OH excluding ortho intramolecular Hbond substituents is 1. The molecule has 1 amide bonds. The number of carbonyl (C=O) groups is 2. The average Bonchev–Trinajstić information content (AvgIpc) is 3.04. The van der Waals surface area contributed by atoms with Crippen LogP contribution in [0.2, 0.25) is 5.02 Å². The Labute approximate surface area is 193 Å². The van der Waals surface area contributed by atoms with Crippen LogP contribution >= 0.6 is 11.6 Å². The Morgan fingerprint density at radius 2 is 1.70 bits per heavy atom. The topological polar surface area (TPSA) is 77.8 Å². The minimum atomic E-state index is -1.20. The van der Waals surface area contributed by atoms with E-state index in [4.69, 9.17) is 11.6 Å². The molecule has 1 atom stereocenters. The second-order valence-corrected chi connectivity index (χ2v) is 8.20. The van der Waals surface area contributed by atoms with Crippen LogP contribution in [0.3, 0.4) is 0 Å². The number of benzene rings is 3. The number of amides is 1. The van der Waals surface area contributed by atoms with Crippen LogP contribution in [0.25, 0.3) is 5.76 Å². The van der Waals surface area contributed by atoms with Crippen molar-refractivity contribution >= 4 is 34.7 Å². The third-order valence-electron chi connectivity index (χ3n) is 5.56. The second-order valence-electron chi connectivity index (χ2n) is 7.80. The lowest BCUT2D eigenvalue weighted by atomic mass is 9.93. The molecule has 8 heteroatoms. The first kappa shape index (κ1) is 22.5. The lowest BCUT2D eigenvalue weighted by Gasteiger charge is -2.26. The summed E-state index contributed by atoms with van der Waals surface area (Å²) in [6.07, 6.45) is 0. The highest BCUT2D eigenvalue weighted by Crippen LogP contribution is 2.44. The molecule has 1 unspecified atom stereocenters. The summed E-state index contributed by atoms with van der Waals surface area (Å²) in [7, 11) is 0. The Morgan fingerprint density at radius 1 is 0.970 bits per heavy atom. The molecule has 168 valence electrons. The van der Waals surface area contributed by atoms with Crippen molar-refractivity contribution in [2.24, 2.45) is 0 Å². The Morgan fingerprint density at radius 3 is 2.36 bits per heavy atom. The molecule has 0 bridgehead atoms. The largest absolute Gasteiger partial charge is 0.507 e. The summed E-state index contributed by atoms with van der Waals surface area (Å²) in [5.74, 6) is -4.97. The molecule has 1 saturated heterocycles. The molecule has 0 aromatic heterocycles. The second kappa shape index (κ2) is 8.33.